The van der Waals surface area contributed by atoms with E-state index >= 15 is 0 Å². The number of aryl methyl sites for hydroxylation is 1. The summed E-state index contributed by atoms with van der Waals surface area (Å²) in [5.41, 5.74) is 2.39. The van der Waals surface area contributed by atoms with Gasteiger partial charge in [-0.2, -0.15) is 0 Å². The Kier molecular flexibility index (Phi) is 6.83. The molecule has 0 saturated heterocycles. The first kappa shape index (κ1) is 18.3. The number of amides is 3. The van der Waals surface area contributed by atoms with Crippen LogP contribution in [0.5, 0.6) is 5.75 Å². The van der Waals surface area contributed by atoms with E-state index in [1.807, 2.05) is 31.2 Å². The highest BCUT2D eigenvalue weighted by Crippen LogP contribution is 2.16. The minimum atomic E-state index is -0.309. The van der Waals surface area contributed by atoms with Gasteiger partial charge in [-0.1, -0.05) is 18.2 Å². The number of hydrogen-bond acceptors (Lipinski definition) is 3. The van der Waals surface area contributed by atoms with Crippen LogP contribution in [-0.4, -0.2) is 25.6 Å². The summed E-state index contributed by atoms with van der Waals surface area (Å²) in [5.74, 6) is 0.721. The molecule has 0 unspecified atom stereocenters. The van der Waals surface area contributed by atoms with Crippen molar-refractivity contribution in [1.29, 1.82) is 0 Å². The van der Waals surface area contributed by atoms with E-state index in [1.54, 1.807) is 31.3 Å². The van der Waals surface area contributed by atoms with Crippen LogP contribution in [-0.2, 0) is 4.79 Å². The van der Waals surface area contributed by atoms with Crippen molar-refractivity contribution in [2.75, 3.05) is 24.3 Å². The van der Waals surface area contributed by atoms with E-state index in [2.05, 4.69) is 16.0 Å². The van der Waals surface area contributed by atoms with Crippen molar-refractivity contribution >= 4 is 23.3 Å². The van der Waals surface area contributed by atoms with Crippen LogP contribution in [0.2, 0.25) is 0 Å². The van der Waals surface area contributed by atoms with E-state index in [4.69, 9.17) is 4.74 Å². The molecular weight excluding hydrogens is 318 g/mol. The topological polar surface area (TPSA) is 79.5 Å². The smallest absolute Gasteiger partial charge is 0.318 e. The molecule has 0 aliphatic rings. The largest absolute Gasteiger partial charge is 0.494 e. The van der Waals surface area contributed by atoms with E-state index in [-0.39, 0.29) is 11.9 Å². The van der Waals surface area contributed by atoms with Gasteiger partial charge in [0.05, 0.1) is 6.61 Å². The first-order chi connectivity index (χ1) is 12.1. The van der Waals surface area contributed by atoms with Crippen molar-refractivity contribution < 1.29 is 14.3 Å². The molecule has 6 heteroatoms. The monoisotopic (exact) mass is 341 g/mol. The van der Waals surface area contributed by atoms with Gasteiger partial charge in [0, 0.05) is 24.8 Å². The van der Waals surface area contributed by atoms with Gasteiger partial charge in [0.25, 0.3) is 0 Å². The third-order valence-corrected chi connectivity index (χ3v) is 3.44. The third kappa shape index (κ3) is 6.55. The number of rotatable bonds is 7. The summed E-state index contributed by atoms with van der Waals surface area (Å²) in [6, 6.07) is 14.5. The second-order valence-corrected chi connectivity index (χ2v) is 5.60. The fraction of sp³-hybridized carbons (Fsp3) is 0.263. The lowest BCUT2D eigenvalue weighted by atomic mass is 10.2. The second kappa shape index (κ2) is 9.32. The molecule has 2 rings (SSSR count). The van der Waals surface area contributed by atoms with Crippen molar-refractivity contribution in [2.24, 2.45) is 0 Å². The molecule has 0 aliphatic heterocycles. The van der Waals surface area contributed by atoms with Crippen LogP contribution in [0.25, 0.3) is 0 Å². The van der Waals surface area contributed by atoms with Crippen LogP contribution in [0.1, 0.15) is 18.4 Å². The van der Waals surface area contributed by atoms with Crippen molar-refractivity contribution in [3.63, 3.8) is 0 Å². The molecule has 25 heavy (non-hydrogen) atoms. The molecule has 0 spiro atoms. The number of ether oxygens (including phenoxy) is 1. The molecule has 0 radical (unpaired) electrons. The second-order valence-electron chi connectivity index (χ2n) is 5.60. The van der Waals surface area contributed by atoms with Gasteiger partial charge in [-0.05, 0) is 49.2 Å². The average molecular weight is 341 g/mol. The van der Waals surface area contributed by atoms with Gasteiger partial charge in [0.1, 0.15) is 5.75 Å². The van der Waals surface area contributed by atoms with E-state index in [0.717, 1.165) is 11.3 Å². The Bertz CT molecular complexity index is 731. The number of anilines is 2. The Morgan fingerprint density at radius 1 is 1.00 bits per heavy atom. The lowest BCUT2D eigenvalue weighted by molar-refractivity contribution is -0.116. The first-order valence-corrected chi connectivity index (χ1v) is 8.15. The summed E-state index contributed by atoms with van der Waals surface area (Å²) in [7, 11) is 1.54. The number of nitrogens with one attached hydrogen (secondary N) is 3. The lowest BCUT2D eigenvalue weighted by Gasteiger charge is -2.09. The molecule has 0 saturated carbocycles. The Balaban J connectivity index is 1.74. The molecule has 0 heterocycles. The van der Waals surface area contributed by atoms with Gasteiger partial charge < -0.3 is 20.7 Å². The van der Waals surface area contributed by atoms with Gasteiger partial charge in [-0.15, -0.1) is 0 Å². The Morgan fingerprint density at radius 3 is 2.44 bits per heavy atom. The Labute approximate surface area is 147 Å². The van der Waals surface area contributed by atoms with Crippen LogP contribution in [0.3, 0.4) is 0 Å². The fourth-order valence-corrected chi connectivity index (χ4v) is 2.22. The minimum Gasteiger partial charge on any atom is -0.494 e. The molecule has 2 aromatic rings. The van der Waals surface area contributed by atoms with Crippen molar-refractivity contribution in [2.45, 2.75) is 19.8 Å². The molecule has 3 N–H and O–H groups in total. The first-order valence-electron chi connectivity index (χ1n) is 8.15. The molecule has 0 fully saturated rings. The summed E-state index contributed by atoms with van der Waals surface area (Å²) in [6.45, 7) is 2.49. The van der Waals surface area contributed by atoms with Crippen molar-refractivity contribution in [3.05, 3.63) is 54.1 Å². The number of carbonyl (C=O) groups is 2. The van der Waals surface area contributed by atoms with Gasteiger partial charge in [-0.25, -0.2) is 4.79 Å². The van der Waals surface area contributed by atoms with Crippen LogP contribution in [0.15, 0.2) is 48.5 Å². The maximum absolute atomic E-state index is 12.0. The standard InChI is InChI=1S/C19H23N3O3/c1-14-6-3-9-17(12-14)25-11-5-10-18(23)21-15-7-4-8-16(13-15)22-19(24)20-2/h3-4,6-9,12-13H,5,10-11H2,1-2H3,(H,21,23)(H2,20,22,24). The van der Waals surface area contributed by atoms with Crippen LogP contribution >= 0.6 is 0 Å². The van der Waals surface area contributed by atoms with Crippen molar-refractivity contribution in [3.8, 4) is 5.75 Å². The van der Waals surface area contributed by atoms with E-state index in [0.29, 0.717) is 30.8 Å². The highest BCUT2D eigenvalue weighted by atomic mass is 16.5. The lowest BCUT2D eigenvalue weighted by Crippen LogP contribution is -2.24. The van der Waals surface area contributed by atoms with Gasteiger partial charge in [0.15, 0.2) is 0 Å². The Hall–Kier alpha value is -3.02. The molecular formula is C19H23N3O3. The molecule has 3 amide bonds. The number of urea groups is 1. The summed E-state index contributed by atoms with van der Waals surface area (Å²) >= 11 is 0. The number of hydrogen-bond donors (Lipinski definition) is 3. The SMILES string of the molecule is CNC(=O)Nc1cccc(NC(=O)CCCOc2cccc(C)c2)c1. The highest BCUT2D eigenvalue weighted by Gasteiger charge is 2.05. The van der Waals surface area contributed by atoms with Crippen LogP contribution in [0.4, 0.5) is 16.2 Å². The summed E-state index contributed by atoms with van der Waals surface area (Å²) in [5, 5.41) is 7.95. The Morgan fingerprint density at radius 2 is 1.72 bits per heavy atom. The summed E-state index contributed by atoms with van der Waals surface area (Å²) < 4.78 is 5.63. The molecule has 0 aromatic heterocycles. The summed E-state index contributed by atoms with van der Waals surface area (Å²) in [6.07, 6.45) is 0.981. The molecule has 0 atom stereocenters. The molecule has 0 aliphatic carbocycles. The van der Waals surface area contributed by atoms with Gasteiger partial charge in [-0.3, -0.25) is 4.79 Å². The average Bonchev–Trinajstić information content (AvgIpc) is 2.59. The van der Waals surface area contributed by atoms with E-state index in [1.165, 1.54) is 0 Å². The zero-order valence-electron chi connectivity index (χ0n) is 14.5. The predicted octanol–water partition coefficient (Wildman–Crippen LogP) is 3.54. The maximum Gasteiger partial charge on any atom is 0.318 e. The quantitative estimate of drug-likeness (QED) is 0.674. The fourth-order valence-electron chi connectivity index (χ4n) is 2.22. The van der Waals surface area contributed by atoms with Crippen LogP contribution < -0.4 is 20.7 Å². The predicted molar refractivity (Wildman–Crippen MR) is 99.1 cm³/mol. The molecule has 6 nitrogen and oxygen atoms in total. The molecule has 132 valence electrons. The van der Waals surface area contributed by atoms with E-state index < -0.39 is 0 Å². The molecule has 0 bridgehead atoms. The van der Waals surface area contributed by atoms with E-state index in [9.17, 15) is 9.59 Å². The number of benzene rings is 2. The van der Waals surface area contributed by atoms with Crippen LogP contribution in [0, 0.1) is 6.92 Å². The molecule has 2 aromatic carbocycles. The zero-order valence-corrected chi connectivity index (χ0v) is 14.5. The normalized spacial score (nSPS) is 10.0. The third-order valence-electron chi connectivity index (χ3n) is 3.44. The van der Waals surface area contributed by atoms with Crippen molar-refractivity contribution in [1.82, 2.24) is 5.32 Å². The van der Waals surface area contributed by atoms with Gasteiger partial charge >= 0.3 is 6.03 Å². The maximum atomic E-state index is 12.0. The summed E-state index contributed by atoms with van der Waals surface area (Å²) in [4.78, 5) is 23.3. The zero-order chi connectivity index (χ0) is 18.1. The minimum absolute atomic E-state index is 0.0927. The number of carbonyl (C=O) groups excluding carboxylic acids is 2. The highest BCUT2D eigenvalue weighted by molar-refractivity contribution is 5.93. The van der Waals surface area contributed by atoms with Gasteiger partial charge in [0.2, 0.25) is 5.91 Å².